The van der Waals surface area contributed by atoms with Crippen LogP contribution in [0.3, 0.4) is 0 Å². The summed E-state index contributed by atoms with van der Waals surface area (Å²) >= 11 is 0. The highest BCUT2D eigenvalue weighted by Gasteiger charge is 2.13. The van der Waals surface area contributed by atoms with E-state index in [0.717, 1.165) is 23.3 Å². The maximum atomic E-state index is 5.62. The van der Waals surface area contributed by atoms with E-state index >= 15 is 0 Å². The van der Waals surface area contributed by atoms with E-state index in [1.54, 1.807) is 0 Å². The first-order valence-corrected chi connectivity index (χ1v) is 5.64. The monoisotopic (exact) mass is 217 g/mol. The van der Waals surface area contributed by atoms with Crippen molar-refractivity contribution in [1.29, 1.82) is 0 Å². The van der Waals surface area contributed by atoms with Gasteiger partial charge in [0.05, 0.1) is 5.69 Å². The van der Waals surface area contributed by atoms with E-state index in [-0.39, 0.29) is 5.41 Å². The largest absolute Gasteiger partial charge is 0.326 e. The highest BCUT2D eigenvalue weighted by Crippen LogP contribution is 2.20. The molecular formula is C13H19N3. The molecule has 0 aliphatic rings. The molecule has 0 saturated carbocycles. The Morgan fingerprint density at radius 2 is 2.00 bits per heavy atom. The third-order valence-electron chi connectivity index (χ3n) is 2.51. The molecule has 0 aromatic carbocycles. The zero-order valence-electron chi connectivity index (χ0n) is 10.2. The van der Waals surface area contributed by atoms with E-state index in [4.69, 9.17) is 5.73 Å². The zero-order chi connectivity index (χ0) is 11.8. The maximum Gasteiger partial charge on any atom is 0.136 e. The second-order valence-corrected chi connectivity index (χ2v) is 5.48. The summed E-state index contributed by atoms with van der Waals surface area (Å²) in [6.07, 6.45) is 5.14. The highest BCUT2D eigenvalue weighted by molar-refractivity contribution is 5.41. The molecule has 0 atom stereocenters. The molecule has 2 heterocycles. The average molecular weight is 217 g/mol. The fourth-order valence-corrected chi connectivity index (χ4v) is 1.84. The number of nitrogens with two attached hydrogens (primary N) is 1. The molecule has 2 rings (SSSR count). The van der Waals surface area contributed by atoms with Gasteiger partial charge in [0.2, 0.25) is 0 Å². The minimum atomic E-state index is 0.272. The lowest BCUT2D eigenvalue weighted by molar-refractivity contribution is 0.407. The van der Waals surface area contributed by atoms with E-state index in [1.165, 1.54) is 0 Å². The van der Waals surface area contributed by atoms with Crippen LogP contribution in [0.1, 0.15) is 32.0 Å². The van der Waals surface area contributed by atoms with Gasteiger partial charge in [0, 0.05) is 18.9 Å². The van der Waals surface area contributed by atoms with Crippen LogP contribution in [0.25, 0.3) is 5.65 Å². The summed E-state index contributed by atoms with van der Waals surface area (Å²) in [6.45, 7) is 7.25. The minimum absolute atomic E-state index is 0.272. The lowest BCUT2D eigenvalue weighted by Gasteiger charge is -2.15. The molecule has 2 N–H and O–H groups in total. The van der Waals surface area contributed by atoms with Gasteiger partial charge in [-0.1, -0.05) is 26.8 Å². The highest BCUT2D eigenvalue weighted by atomic mass is 15.0. The topological polar surface area (TPSA) is 43.3 Å². The summed E-state index contributed by atoms with van der Waals surface area (Å²) in [6, 6.07) is 4.05. The molecule has 0 aliphatic carbocycles. The van der Waals surface area contributed by atoms with Crippen molar-refractivity contribution in [1.82, 2.24) is 9.38 Å². The van der Waals surface area contributed by atoms with Crippen LogP contribution in [0.15, 0.2) is 24.5 Å². The van der Waals surface area contributed by atoms with Gasteiger partial charge in [0.1, 0.15) is 5.65 Å². The quantitative estimate of drug-likeness (QED) is 0.839. The first kappa shape index (κ1) is 11.1. The van der Waals surface area contributed by atoms with Gasteiger partial charge < -0.3 is 10.1 Å². The number of hydrogen-bond donors (Lipinski definition) is 1. The van der Waals surface area contributed by atoms with Crippen molar-refractivity contribution in [3.8, 4) is 0 Å². The van der Waals surface area contributed by atoms with Crippen molar-refractivity contribution in [2.45, 2.75) is 33.7 Å². The molecule has 0 aliphatic heterocycles. The summed E-state index contributed by atoms with van der Waals surface area (Å²) in [5.41, 5.74) is 9.16. The number of nitrogens with zero attached hydrogens (tertiary/aromatic N) is 2. The van der Waals surface area contributed by atoms with Gasteiger partial charge in [-0.05, 0) is 23.5 Å². The van der Waals surface area contributed by atoms with Gasteiger partial charge in [-0.3, -0.25) is 0 Å². The standard InChI is InChI=1S/C13H19N3/c1-13(2,3)6-11-9-16-8-10(7-14)4-5-12(16)15-11/h4-5,8-9H,6-7,14H2,1-3H3. The smallest absolute Gasteiger partial charge is 0.136 e. The molecule has 2 aromatic rings. The molecule has 0 fully saturated rings. The van der Waals surface area contributed by atoms with Crippen LogP contribution in [-0.4, -0.2) is 9.38 Å². The Bertz CT molecular complexity index is 491. The molecule has 0 spiro atoms. The maximum absolute atomic E-state index is 5.62. The Morgan fingerprint density at radius 1 is 1.25 bits per heavy atom. The molecule has 0 radical (unpaired) electrons. The predicted molar refractivity (Wildman–Crippen MR) is 66.2 cm³/mol. The average Bonchev–Trinajstić information content (AvgIpc) is 2.55. The van der Waals surface area contributed by atoms with Gasteiger partial charge in [-0.15, -0.1) is 0 Å². The molecule has 3 heteroatoms. The van der Waals surface area contributed by atoms with E-state index < -0.39 is 0 Å². The molecule has 2 aromatic heterocycles. The predicted octanol–water partition coefficient (Wildman–Crippen LogP) is 2.38. The van der Waals surface area contributed by atoms with E-state index in [9.17, 15) is 0 Å². The van der Waals surface area contributed by atoms with Crippen LogP contribution in [-0.2, 0) is 13.0 Å². The van der Waals surface area contributed by atoms with Crippen LogP contribution >= 0.6 is 0 Å². The molecule has 0 unspecified atom stereocenters. The minimum Gasteiger partial charge on any atom is -0.326 e. The first-order valence-electron chi connectivity index (χ1n) is 5.64. The van der Waals surface area contributed by atoms with E-state index in [0.29, 0.717) is 6.54 Å². The van der Waals surface area contributed by atoms with Crippen molar-refractivity contribution in [3.05, 3.63) is 35.8 Å². The fourth-order valence-electron chi connectivity index (χ4n) is 1.84. The summed E-state index contributed by atoms with van der Waals surface area (Å²) in [5, 5.41) is 0. The molecule has 3 nitrogen and oxygen atoms in total. The van der Waals surface area contributed by atoms with Gasteiger partial charge in [-0.25, -0.2) is 4.98 Å². The van der Waals surface area contributed by atoms with E-state index in [1.807, 2.05) is 12.1 Å². The zero-order valence-corrected chi connectivity index (χ0v) is 10.2. The van der Waals surface area contributed by atoms with Crippen molar-refractivity contribution >= 4 is 5.65 Å². The second-order valence-electron chi connectivity index (χ2n) is 5.48. The molecular weight excluding hydrogens is 198 g/mol. The van der Waals surface area contributed by atoms with Gasteiger partial charge in [0.25, 0.3) is 0 Å². The van der Waals surface area contributed by atoms with Crippen LogP contribution in [0.2, 0.25) is 0 Å². The number of pyridine rings is 1. The Hall–Kier alpha value is -1.35. The molecule has 16 heavy (non-hydrogen) atoms. The molecule has 0 bridgehead atoms. The first-order chi connectivity index (χ1) is 7.48. The lowest BCUT2D eigenvalue weighted by Crippen LogP contribution is -2.09. The number of fused-ring (bicyclic) bond motifs is 1. The SMILES string of the molecule is CC(C)(C)Cc1cn2cc(CN)ccc2n1. The van der Waals surface area contributed by atoms with Gasteiger partial charge in [-0.2, -0.15) is 0 Å². The fraction of sp³-hybridized carbons (Fsp3) is 0.462. The Balaban J connectivity index is 2.36. The van der Waals surface area contributed by atoms with E-state index in [2.05, 4.69) is 42.5 Å². The van der Waals surface area contributed by atoms with Crippen molar-refractivity contribution in [2.24, 2.45) is 11.1 Å². The van der Waals surface area contributed by atoms with Crippen LogP contribution in [0.4, 0.5) is 0 Å². The second kappa shape index (κ2) is 3.91. The molecule has 0 amide bonds. The number of imidazole rings is 1. The number of hydrogen-bond acceptors (Lipinski definition) is 2. The lowest BCUT2D eigenvalue weighted by atomic mass is 9.91. The number of rotatable bonds is 2. The summed E-state index contributed by atoms with van der Waals surface area (Å²) in [7, 11) is 0. The molecule has 0 saturated heterocycles. The van der Waals surface area contributed by atoms with Crippen LogP contribution in [0.5, 0.6) is 0 Å². The Morgan fingerprint density at radius 3 is 2.62 bits per heavy atom. The number of aromatic nitrogens is 2. The Kier molecular flexibility index (Phi) is 2.72. The van der Waals surface area contributed by atoms with Crippen molar-refractivity contribution in [2.75, 3.05) is 0 Å². The summed E-state index contributed by atoms with van der Waals surface area (Å²) < 4.78 is 2.06. The van der Waals surface area contributed by atoms with Crippen molar-refractivity contribution in [3.63, 3.8) is 0 Å². The normalized spacial score (nSPS) is 12.2. The third kappa shape index (κ3) is 2.42. The van der Waals surface area contributed by atoms with Crippen molar-refractivity contribution < 1.29 is 0 Å². The molecule has 86 valence electrons. The van der Waals surface area contributed by atoms with Crippen LogP contribution < -0.4 is 5.73 Å². The third-order valence-corrected chi connectivity index (χ3v) is 2.51. The van der Waals surface area contributed by atoms with Gasteiger partial charge in [0.15, 0.2) is 0 Å². The van der Waals surface area contributed by atoms with Crippen LogP contribution in [0, 0.1) is 5.41 Å². The summed E-state index contributed by atoms with van der Waals surface area (Å²) in [4.78, 5) is 4.60. The van der Waals surface area contributed by atoms with Gasteiger partial charge >= 0.3 is 0 Å². The summed E-state index contributed by atoms with van der Waals surface area (Å²) in [5.74, 6) is 0. The Labute approximate surface area is 96.3 Å².